The van der Waals surface area contributed by atoms with Gasteiger partial charge in [-0.2, -0.15) is 0 Å². The van der Waals surface area contributed by atoms with Crippen molar-refractivity contribution in [1.82, 2.24) is 20.6 Å². The minimum Gasteiger partial charge on any atom is -0.361 e. The Kier molecular flexibility index (Phi) is 7.24. The van der Waals surface area contributed by atoms with Gasteiger partial charge in [-0.05, 0) is 36.6 Å². The molecule has 0 aliphatic rings. The van der Waals surface area contributed by atoms with Gasteiger partial charge < -0.3 is 15.6 Å². The summed E-state index contributed by atoms with van der Waals surface area (Å²) in [6, 6.07) is 12.3. The molecule has 0 unspecified atom stereocenters. The fourth-order valence-electron chi connectivity index (χ4n) is 2.78. The maximum absolute atomic E-state index is 4.30. The van der Waals surface area contributed by atoms with Gasteiger partial charge in [0.25, 0.3) is 0 Å². The second kappa shape index (κ2) is 9.41. The van der Waals surface area contributed by atoms with Crippen LogP contribution in [0.25, 0.3) is 10.9 Å². The molecule has 0 aliphatic heterocycles. The van der Waals surface area contributed by atoms with Crippen LogP contribution >= 0.6 is 24.0 Å². The number of pyridine rings is 1. The molecular weight excluding hydrogens is 425 g/mol. The number of nitrogens with zero attached hydrogens (tertiary/aromatic N) is 2. The average Bonchev–Trinajstić information content (AvgIpc) is 3.03. The molecule has 1 aromatic carbocycles. The molecule has 0 aliphatic carbocycles. The Morgan fingerprint density at radius 2 is 2.04 bits per heavy atom. The van der Waals surface area contributed by atoms with Crippen LogP contribution in [0.2, 0.25) is 0 Å². The van der Waals surface area contributed by atoms with Crippen molar-refractivity contribution in [3.05, 3.63) is 65.6 Å². The van der Waals surface area contributed by atoms with Gasteiger partial charge in [0.15, 0.2) is 5.96 Å². The molecule has 0 saturated carbocycles. The Hall–Kier alpha value is -2.09. The van der Waals surface area contributed by atoms with Crippen LogP contribution < -0.4 is 10.6 Å². The molecule has 0 atom stereocenters. The maximum Gasteiger partial charge on any atom is 0.191 e. The van der Waals surface area contributed by atoms with Crippen molar-refractivity contribution >= 4 is 40.8 Å². The van der Waals surface area contributed by atoms with Gasteiger partial charge in [0.05, 0.1) is 12.2 Å². The van der Waals surface area contributed by atoms with E-state index in [1.54, 1.807) is 13.2 Å². The lowest BCUT2D eigenvalue weighted by atomic mass is 10.1. The van der Waals surface area contributed by atoms with Gasteiger partial charge in [0, 0.05) is 36.9 Å². The first kappa shape index (κ1) is 19.2. The molecule has 3 N–H and O–H groups in total. The van der Waals surface area contributed by atoms with E-state index in [1.165, 1.54) is 22.0 Å². The minimum atomic E-state index is 0. The van der Waals surface area contributed by atoms with Gasteiger partial charge >= 0.3 is 0 Å². The van der Waals surface area contributed by atoms with E-state index in [0.29, 0.717) is 6.54 Å². The van der Waals surface area contributed by atoms with Crippen molar-refractivity contribution in [3.8, 4) is 0 Å². The summed E-state index contributed by atoms with van der Waals surface area (Å²) in [4.78, 5) is 11.9. The molecular formula is C19H24IN5. The predicted molar refractivity (Wildman–Crippen MR) is 115 cm³/mol. The zero-order valence-electron chi connectivity index (χ0n) is 14.5. The van der Waals surface area contributed by atoms with Crippen molar-refractivity contribution < 1.29 is 0 Å². The average molecular weight is 449 g/mol. The molecule has 25 heavy (non-hydrogen) atoms. The summed E-state index contributed by atoms with van der Waals surface area (Å²) in [5.41, 5.74) is 4.82. The largest absolute Gasteiger partial charge is 0.361 e. The number of H-pyrrole nitrogens is 1. The lowest BCUT2D eigenvalue weighted by molar-refractivity contribution is 0.785. The van der Waals surface area contributed by atoms with Crippen molar-refractivity contribution in [1.29, 1.82) is 0 Å². The van der Waals surface area contributed by atoms with Gasteiger partial charge in [-0.15, -0.1) is 24.0 Å². The van der Waals surface area contributed by atoms with Crippen LogP contribution in [0.4, 0.5) is 0 Å². The highest BCUT2D eigenvalue weighted by Gasteiger charge is 2.05. The van der Waals surface area contributed by atoms with E-state index in [1.807, 2.05) is 18.2 Å². The molecule has 0 amide bonds. The lowest BCUT2D eigenvalue weighted by Gasteiger charge is -2.11. The number of fused-ring (bicyclic) bond motifs is 1. The van der Waals surface area contributed by atoms with Crippen LogP contribution in [0.3, 0.4) is 0 Å². The third-order valence-electron chi connectivity index (χ3n) is 4.08. The van der Waals surface area contributed by atoms with Crippen LogP contribution in [0, 0.1) is 6.92 Å². The summed E-state index contributed by atoms with van der Waals surface area (Å²) < 4.78 is 0. The standard InChI is InChI=1S/C19H23N5.HI/c1-14-6-5-8-17-15(12-23-18(14)17)9-11-22-19(20-2)24-13-16-7-3-4-10-21-16;/h3-8,10,12,23H,9,11,13H2,1-2H3,(H2,20,22,24);1H. The third kappa shape index (κ3) is 4.94. The third-order valence-corrected chi connectivity index (χ3v) is 4.08. The number of nitrogens with one attached hydrogen (secondary N) is 3. The molecule has 2 aromatic heterocycles. The Morgan fingerprint density at radius 1 is 1.16 bits per heavy atom. The zero-order valence-corrected chi connectivity index (χ0v) is 16.9. The van der Waals surface area contributed by atoms with Crippen LogP contribution in [0.15, 0.2) is 53.8 Å². The number of aliphatic imine (C=N–C) groups is 1. The van der Waals surface area contributed by atoms with Crippen LogP contribution in [-0.4, -0.2) is 29.5 Å². The minimum absolute atomic E-state index is 0. The molecule has 0 fully saturated rings. The lowest BCUT2D eigenvalue weighted by Crippen LogP contribution is -2.38. The molecule has 5 nitrogen and oxygen atoms in total. The number of para-hydroxylation sites is 1. The fourth-order valence-corrected chi connectivity index (χ4v) is 2.78. The maximum atomic E-state index is 4.30. The molecule has 0 saturated heterocycles. The molecule has 132 valence electrons. The highest BCUT2D eigenvalue weighted by atomic mass is 127. The van der Waals surface area contributed by atoms with E-state index in [4.69, 9.17) is 0 Å². The van der Waals surface area contributed by atoms with Crippen LogP contribution in [-0.2, 0) is 13.0 Å². The van der Waals surface area contributed by atoms with E-state index < -0.39 is 0 Å². The molecule has 0 spiro atoms. The molecule has 0 radical (unpaired) electrons. The highest BCUT2D eigenvalue weighted by molar-refractivity contribution is 14.0. The van der Waals surface area contributed by atoms with E-state index >= 15 is 0 Å². The smallest absolute Gasteiger partial charge is 0.191 e. The summed E-state index contributed by atoms with van der Waals surface area (Å²) in [5, 5.41) is 7.93. The van der Waals surface area contributed by atoms with Crippen molar-refractivity contribution in [2.75, 3.05) is 13.6 Å². The molecule has 3 rings (SSSR count). The first-order valence-electron chi connectivity index (χ1n) is 8.18. The number of aromatic nitrogens is 2. The van der Waals surface area contributed by atoms with Gasteiger partial charge in [-0.1, -0.05) is 24.3 Å². The number of aryl methyl sites for hydroxylation is 1. The zero-order chi connectivity index (χ0) is 16.8. The number of hydrogen-bond acceptors (Lipinski definition) is 2. The van der Waals surface area contributed by atoms with Crippen LogP contribution in [0.1, 0.15) is 16.8 Å². The SMILES string of the molecule is CN=C(NCCc1c[nH]c2c(C)cccc12)NCc1ccccn1.I. The van der Waals surface area contributed by atoms with Gasteiger partial charge in [-0.25, -0.2) is 0 Å². The summed E-state index contributed by atoms with van der Waals surface area (Å²) in [5.74, 6) is 0.789. The number of hydrogen-bond donors (Lipinski definition) is 3. The Bertz CT molecular complexity index is 826. The van der Waals surface area contributed by atoms with Gasteiger partial charge in [0.1, 0.15) is 0 Å². The molecule has 6 heteroatoms. The quantitative estimate of drug-likeness (QED) is 0.318. The van der Waals surface area contributed by atoms with Gasteiger partial charge in [-0.3, -0.25) is 9.98 Å². The Morgan fingerprint density at radius 3 is 2.80 bits per heavy atom. The first-order valence-corrected chi connectivity index (χ1v) is 8.18. The molecule has 3 aromatic rings. The second-order valence-electron chi connectivity index (χ2n) is 5.74. The van der Waals surface area contributed by atoms with E-state index in [9.17, 15) is 0 Å². The Labute approximate surface area is 165 Å². The van der Waals surface area contributed by atoms with Crippen molar-refractivity contribution in [2.45, 2.75) is 19.9 Å². The summed E-state index contributed by atoms with van der Waals surface area (Å²) in [6.45, 7) is 3.61. The van der Waals surface area contributed by atoms with Crippen LogP contribution in [0.5, 0.6) is 0 Å². The molecule has 2 heterocycles. The Balaban J connectivity index is 0.00000225. The number of benzene rings is 1. The van der Waals surface area contributed by atoms with Gasteiger partial charge in [0.2, 0.25) is 0 Å². The highest BCUT2D eigenvalue weighted by Crippen LogP contribution is 2.21. The second-order valence-corrected chi connectivity index (χ2v) is 5.74. The topological polar surface area (TPSA) is 65.1 Å². The summed E-state index contributed by atoms with van der Waals surface area (Å²) >= 11 is 0. The van der Waals surface area contributed by atoms with Crippen molar-refractivity contribution in [3.63, 3.8) is 0 Å². The molecule has 0 bridgehead atoms. The summed E-state index contributed by atoms with van der Waals surface area (Å²) in [7, 11) is 1.78. The number of halogens is 1. The number of rotatable bonds is 5. The first-order chi connectivity index (χ1) is 11.8. The van der Waals surface area contributed by atoms with E-state index in [0.717, 1.165) is 24.6 Å². The normalized spacial score (nSPS) is 11.2. The fraction of sp³-hybridized carbons (Fsp3) is 0.263. The summed E-state index contributed by atoms with van der Waals surface area (Å²) in [6.07, 6.45) is 4.84. The predicted octanol–water partition coefficient (Wildman–Crippen LogP) is 3.40. The monoisotopic (exact) mass is 449 g/mol. The number of aromatic amines is 1. The van der Waals surface area contributed by atoms with Crippen molar-refractivity contribution in [2.24, 2.45) is 4.99 Å². The van der Waals surface area contributed by atoms with E-state index in [2.05, 4.69) is 56.9 Å². The van der Waals surface area contributed by atoms with E-state index in [-0.39, 0.29) is 24.0 Å². The number of guanidine groups is 1.